The lowest BCUT2D eigenvalue weighted by Crippen LogP contribution is -2.53. The molecule has 1 aromatic rings. The Bertz CT molecular complexity index is 529. The zero-order valence-electron chi connectivity index (χ0n) is 12.7. The third-order valence-corrected chi connectivity index (χ3v) is 5.25. The lowest BCUT2D eigenvalue weighted by molar-refractivity contribution is -0.132. The van der Waals surface area contributed by atoms with Crippen LogP contribution in [0.15, 0.2) is 24.3 Å². The number of amides is 1. The molecule has 3 rings (SSSR count). The molecule has 2 fully saturated rings. The van der Waals surface area contributed by atoms with E-state index in [0.29, 0.717) is 17.5 Å². The normalized spacial score (nSPS) is 26.4. The first kappa shape index (κ1) is 15.8. The van der Waals surface area contributed by atoms with Gasteiger partial charge < -0.3 is 10.0 Å². The van der Waals surface area contributed by atoms with Gasteiger partial charge in [0.05, 0.1) is 12.5 Å². The maximum Gasteiger partial charge on any atom is 0.227 e. The molecule has 0 unspecified atom stereocenters. The summed E-state index contributed by atoms with van der Waals surface area (Å²) in [5.41, 5.74) is 0.891. The van der Waals surface area contributed by atoms with Crippen molar-refractivity contribution in [3.63, 3.8) is 0 Å². The van der Waals surface area contributed by atoms with Gasteiger partial charge >= 0.3 is 0 Å². The van der Waals surface area contributed by atoms with Crippen LogP contribution in [0.4, 0.5) is 0 Å². The second-order valence-electron chi connectivity index (χ2n) is 6.25. The molecule has 1 saturated heterocycles. The van der Waals surface area contributed by atoms with Crippen molar-refractivity contribution in [1.82, 2.24) is 9.80 Å². The number of rotatable bonds is 3. The van der Waals surface area contributed by atoms with E-state index in [1.54, 1.807) is 0 Å². The van der Waals surface area contributed by atoms with E-state index >= 15 is 0 Å². The molecule has 4 nitrogen and oxygen atoms in total. The summed E-state index contributed by atoms with van der Waals surface area (Å²) in [6, 6.07) is 7.81. The van der Waals surface area contributed by atoms with E-state index in [-0.39, 0.29) is 12.0 Å². The highest BCUT2D eigenvalue weighted by Gasteiger charge is 2.33. The minimum Gasteiger partial charge on any atom is -0.391 e. The zero-order chi connectivity index (χ0) is 15.5. The van der Waals surface area contributed by atoms with E-state index in [2.05, 4.69) is 4.90 Å². The SMILES string of the molecule is O=C(Cc1ccccc1Cl)N1CCN([C@H]2CCC[C@H]2O)CC1. The van der Waals surface area contributed by atoms with Gasteiger partial charge in [0, 0.05) is 37.2 Å². The van der Waals surface area contributed by atoms with E-state index in [1.165, 1.54) is 0 Å². The molecule has 1 aliphatic heterocycles. The van der Waals surface area contributed by atoms with Crippen LogP contribution < -0.4 is 0 Å². The Morgan fingerprint density at radius 1 is 1.18 bits per heavy atom. The Hall–Kier alpha value is -1.10. The number of benzene rings is 1. The molecule has 1 saturated carbocycles. The van der Waals surface area contributed by atoms with Crippen LogP contribution in [0.1, 0.15) is 24.8 Å². The average Bonchev–Trinajstić information content (AvgIpc) is 2.96. The molecule has 1 heterocycles. The van der Waals surface area contributed by atoms with Gasteiger partial charge in [-0.05, 0) is 30.9 Å². The second-order valence-corrected chi connectivity index (χ2v) is 6.66. The van der Waals surface area contributed by atoms with E-state index in [1.807, 2.05) is 29.2 Å². The molecule has 0 radical (unpaired) electrons. The van der Waals surface area contributed by atoms with Crippen molar-refractivity contribution in [3.05, 3.63) is 34.9 Å². The second kappa shape index (κ2) is 6.99. The average molecular weight is 323 g/mol. The summed E-state index contributed by atoms with van der Waals surface area (Å²) in [4.78, 5) is 16.7. The summed E-state index contributed by atoms with van der Waals surface area (Å²) in [6.07, 6.45) is 3.28. The van der Waals surface area contributed by atoms with Crippen LogP contribution in [0.25, 0.3) is 0 Å². The maximum absolute atomic E-state index is 12.4. The largest absolute Gasteiger partial charge is 0.391 e. The fraction of sp³-hybridized carbons (Fsp3) is 0.588. The first-order valence-electron chi connectivity index (χ1n) is 8.08. The van der Waals surface area contributed by atoms with Crippen molar-refractivity contribution in [2.24, 2.45) is 0 Å². The molecule has 1 aromatic carbocycles. The molecule has 1 N–H and O–H groups in total. The monoisotopic (exact) mass is 322 g/mol. The molecule has 0 aromatic heterocycles. The van der Waals surface area contributed by atoms with Gasteiger partial charge in [0.25, 0.3) is 0 Å². The van der Waals surface area contributed by atoms with Gasteiger partial charge in [-0.1, -0.05) is 29.8 Å². The first-order chi connectivity index (χ1) is 10.6. The minimum absolute atomic E-state index is 0.139. The molecular weight excluding hydrogens is 300 g/mol. The highest BCUT2D eigenvalue weighted by atomic mass is 35.5. The molecule has 120 valence electrons. The summed E-state index contributed by atoms with van der Waals surface area (Å²) in [7, 11) is 0. The predicted octanol–water partition coefficient (Wildman–Crippen LogP) is 1.94. The molecule has 1 aliphatic carbocycles. The Kier molecular flexibility index (Phi) is 5.01. The molecular formula is C17H23ClN2O2. The van der Waals surface area contributed by atoms with Crippen molar-refractivity contribution in [2.45, 2.75) is 37.8 Å². The summed E-state index contributed by atoms with van der Waals surface area (Å²) in [5.74, 6) is 0.139. The van der Waals surface area contributed by atoms with Crippen LogP contribution in [0.5, 0.6) is 0 Å². The van der Waals surface area contributed by atoms with Crippen LogP contribution in [-0.4, -0.2) is 59.1 Å². The van der Waals surface area contributed by atoms with Gasteiger partial charge in [-0.15, -0.1) is 0 Å². The number of hydrogen-bond donors (Lipinski definition) is 1. The Labute approximate surface area is 136 Å². The van der Waals surface area contributed by atoms with Gasteiger partial charge in [-0.25, -0.2) is 0 Å². The van der Waals surface area contributed by atoms with E-state index in [0.717, 1.165) is 51.0 Å². The Morgan fingerprint density at radius 2 is 1.91 bits per heavy atom. The van der Waals surface area contributed by atoms with Crippen LogP contribution in [-0.2, 0) is 11.2 Å². The van der Waals surface area contributed by atoms with E-state index in [9.17, 15) is 9.90 Å². The third kappa shape index (κ3) is 3.45. The van der Waals surface area contributed by atoms with Crippen LogP contribution >= 0.6 is 11.6 Å². The number of piperazine rings is 1. The standard InChI is InChI=1S/C17H23ClN2O2/c18-14-5-2-1-4-13(14)12-17(22)20-10-8-19(9-11-20)15-6-3-7-16(15)21/h1-2,4-5,15-16,21H,3,6-12H2/t15-,16+/m0/s1. The van der Waals surface area contributed by atoms with Gasteiger partial charge in [-0.2, -0.15) is 0 Å². The minimum atomic E-state index is -0.189. The number of nitrogens with zero attached hydrogens (tertiary/aromatic N) is 2. The van der Waals surface area contributed by atoms with Crippen molar-refractivity contribution in [2.75, 3.05) is 26.2 Å². The topological polar surface area (TPSA) is 43.8 Å². The molecule has 1 amide bonds. The van der Waals surface area contributed by atoms with Crippen molar-refractivity contribution >= 4 is 17.5 Å². The van der Waals surface area contributed by atoms with Crippen LogP contribution in [0.3, 0.4) is 0 Å². The first-order valence-corrected chi connectivity index (χ1v) is 8.46. The van der Waals surface area contributed by atoms with Gasteiger partial charge in [0.1, 0.15) is 0 Å². The summed E-state index contributed by atoms with van der Waals surface area (Å²) >= 11 is 6.13. The van der Waals surface area contributed by atoms with E-state index in [4.69, 9.17) is 11.6 Å². The molecule has 2 atom stereocenters. The zero-order valence-corrected chi connectivity index (χ0v) is 13.5. The number of carbonyl (C=O) groups is 1. The Balaban J connectivity index is 1.53. The van der Waals surface area contributed by atoms with Crippen molar-refractivity contribution < 1.29 is 9.90 Å². The lowest BCUT2D eigenvalue weighted by atomic mass is 10.1. The third-order valence-electron chi connectivity index (χ3n) is 4.88. The van der Waals surface area contributed by atoms with E-state index < -0.39 is 0 Å². The highest BCUT2D eigenvalue weighted by molar-refractivity contribution is 6.31. The van der Waals surface area contributed by atoms with Crippen LogP contribution in [0.2, 0.25) is 5.02 Å². The Morgan fingerprint density at radius 3 is 2.55 bits per heavy atom. The number of halogens is 1. The molecule has 2 aliphatic rings. The fourth-order valence-corrected chi connectivity index (χ4v) is 3.77. The number of aliphatic hydroxyl groups excluding tert-OH is 1. The summed E-state index contributed by atoms with van der Waals surface area (Å²) in [5, 5.41) is 10.7. The molecule has 0 spiro atoms. The maximum atomic E-state index is 12.4. The molecule has 22 heavy (non-hydrogen) atoms. The summed E-state index contributed by atoms with van der Waals surface area (Å²) < 4.78 is 0. The van der Waals surface area contributed by atoms with Crippen molar-refractivity contribution in [3.8, 4) is 0 Å². The number of hydrogen-bond acceptors (Lipinski definition) is 3. The van der Waals surface area contributed by atoms with Crippen molar-refractivity contribution in [1.29, 1.82) is 0 Å². The predicted molar refractivity (Wildman–Crippen MR) is 87.0 cm³/mol. The van der Waals surface area contributed by atoms with Gasteiger partial charge in [0.2, 0.25) is 5.91 Å². The smallest absolute Gasteiger partial charge is 0.227 e. The fourth-order valence-electron chi connectivity index (χ4n) is 3.57. The molecule has 5 heteroatoms. The number of aliphatic hydroxyl groups is 1. The highest BCUT2D eigenvalue weighted by Crippen LogP contribution is 2.25. The van der Waals surface area contributed by atoms with Gasteiger partial charge in [0.15, 0.2) is 0 Å². The van der Waals surface area contributed by atoms with Gasteiger partial charge in [-0.3, -0.25) is 9.69 Å². The summed E-state index contributed by atoms with van der Waals surface area (Å²) in [6.45, 7) is 3.20. The quantitative estimate of drug-likeness (QED) is 0.925. The van der Waals surface area contributed by atoms with Crippen LogP contribution in [0, 0.1) is 0 Å². The molecule has 0 bridgehead atoms. The lowest BCUT2D eigenvalue weighted by Gasteiger charge is -2.39. The number of carbonyl (C=O) groups excluding carboxylic acids is 1.